The Balaban J connectivity index is 1.91. The molecule has 0 radical (unpaired) electrons. The van der Waals surface area contributed by atoms with E-state index in [2.05, 4.69) is 12.2 Å². The summed E-state index contributed by atoms with van der Waals surface area (Å²) in [4.78, 5) is 0.688. The van der Waals surface area contributed by atoms with Crippen LogP contribution in [0.15, 0.2) is 48.5 Å². The highest BCUT2D eigenvalue weighted by Crippen LogP contribution is 2.18. The quantitative estimate of drug-likeness (QED) is 0.542. The number of benzene rings is 2. The Bertz CT molecular complexity index is 608. The van der Waals surface area contributed by atoms with Gasteiger partial charge in [0.25, 0.3) is 0 Å². The van der Waals surface area contributed by atoms with Crippen molar-refractivity contribution in [1.29, 1.82) is 0 Å². The van der Waals surface area contributed by atoms with Gasteiger partial charge in [-0.15, -0.1) is 0 Å². The molecule has 0 aliphatic heterocycles. The van der Waals surface area contributed by atoms with Crippen molar-refractivity contribution in [2.75, 3.05) is 18.5 Å². The topological polar surface area (TPSA) is 30.5 Å². The zero-order chi connectivity index (χ0) is 16.5. The van der Waals surface area contributed by atoms with Crippen molar-refractivity contribution >= 4 is 22.9 Å². The Kier molecular flexibility index (Phi) is 6.88. The van der Waals surface area contributed by atoms with E-state index < -0.39 is 0 Å². The molecule has 2 aromatic carbocycles. The molecule has 4 heteroatoms. The molecule has 1 N–H and O–H groups in total. The lowest BCUT2D eigenvalue weighted by Crippen LogP contribution is -2.10. The molecule has 0 aliphatic rings. The van der Waals surface area contributed by atoms with Gasteiger partial charge >= 0.3 is 0 Å². The molecule has 0 atom stereocenters. The van der Waals surface area contributed by atoms with Crippen molar-refractivity contribution in [2.24, 2.45) is 0 Å². The summed E-state index contributed by atoms with van der Waals surface area (Å²) in [5, 5.41) is 3.24. The molecule has 0 saturated heterocycles. The predicted octanol–water partition coefficient (Wildman–Crippen LogP) is 5.05. The molecule has 2 aromatic rings. The number of hydrogen-bond donors (Lipinski definition) is 1. The van der Waals surface area contributed by atoms with Crippen LogP contribution in [0, 0.1) is 0 Å². The van der Waals surface area contributed by atoms with Crippen LogP contribution >= 0.6 is 12.2 Å². The predicted molar refractivity (Wildman–Crippen MR) is 99.8 cm³/mol. The number of hydrogen-bond acceptors (Lipinski definition) is 3. The molecular weight excluding hydrogens is 306 g/mol. The van der Waals surface area contributed by atoms with Gasteiger partial charge in [0.15, 0.2) is 0 Å². The van der Waals surface area contributed by atoms with Crippen molar-refractivity contribution in [3.63, 3.8) is 0 Å². The number of rotatable bonds is 8. The minimum Gasteiger partial charge on any atom is -0.494 e. The van der Waals surface area contributed by atoms with Crippen molar-refractivity contribution in [3.8, 4) is 11.5 Å². The molecule has 0 aliphatic carbocycles. The molecule has 0 bridgehead atoms. The van der Waals surface area contributed by atoms with Gasteiger partial charge in [-0.2, -0.15) is 0 Å². The molecule has 3 nitrogen and oxygen atoms in total. The Hall–Kier alpha value is -2.07. The van der Waals surface area contributed by atoms with Gasteiger partial charge in [0.2, 0.25) is 0 Å². The molecule has 0 unspecified atom stereocenters. The molecule has 23 heavy (non-hydrogen) atoms. The van der Waals surface area contributed by atoms with E-state index in [-0.39, 0.29) is 0 Å². The maximum Gasteiger partial charge on any atom is 0.119 e. The minimum atomic E-state index is 0.661. The molecule has 0 spiro atoms. The van der Waals surface area contributed by atoms with Crippen LogP contribution in [0.1, 0.15) is 32.3 Å². The van der Waals surface area contributed by atoms with Crippen LogP contribution in [0.3, 0.4) is 0 Å². The van der Waals surface area contributed by atoms with E-state index in [4.69, 9.17) is 21.7 Å². The fraction of sp³-hybridized carbons (Fsp3) is 0.316. The average Bonchev–Trinajstić information content (AvgIpc) is 2.57. The average molecular weight is 329 g/mol. The number of ether oxygens (including phenoxy) is 2. The molecule has 0 amide bonds. The van der Waals surface area contributed by atoms with Gasteiger partial charge in [0.05, 0.1) is 13.2 Å². The van der Waals surface area contributed by atoms with Crippen molar-refractivity contribution in [1.82, 2.24) is 0 Å². The van der Waals surface area contributed by atoms with E-state index in [1.54, 1.807) is 0 Å². The normalized spacial score (nSPS) is 10.2. The van der Waals surface area contributed by atoms with Crippen LogP contribution in [0.25, 0.3) is 0 Å². The molecule has 2 rings (SSSR count). The zero-order valence-electron chi connectivity index (χ0n) is 13.7. The fourth-order valence-electron chi connectivity index (χ4n) is 2.04. The lowest BCUT2D eigenvalue weighted by atomic mass is 10.2. The van der Waals surface area contributed by atoms with Crippen molar-refractivity contribution in [2.45, 2.75) is 26.7 Å². The van der Waals surface area contributed by atoms with E-state index >= 15 is 0 Å². The van der Waals surface area contributed by atoms with Gasteiger partial charge in [-0.3, -0.25) is 0 Å². The van der Waals surface area contributed by atoms with Crippen LogP contribution in [-0.2, 0) is 0 Å². The zero-order valence-corrected chi connectivity index (χ0v) is 14.5. The maximum absolute atomic E-state index is 5.65. The highest BCUT2D eigenvalue weighted by molar-refractivity contribution is 7.81. The van der Waals surface area contributed by atoms with Crippen LogP contribution in [0.5, 0.6) is 11.5 Å². The second kappa shape index (κ2) is 9.16. The molecular formula is C19H23NO2S. The molecule has 0 aromatic heterocycles. The third-order valence-corrected chi connectivity index (χ3v) is 3.64. The summed E-state index contributed by atoms with van der Waals surface area (Å²) < 4.78 is 11.1. The van der Waals surface area contributed by atoms with Crippen molar-refractivity contribution < 1.29 is 9.47 Å². The third-order valence-electron chi connectivity index (χ3n) is 3.31. The first-order chi connectivity index (χ1) is 11.2. The van der Waals surface area contributed by atoms with Gasteiger partial charge in [0.1, 0.15) is 16.5 Å². The largest absolute Gasteiger partial charge is 0.494 e. The first-order valence-electron chi connectivity index (χ1n) is 8.00. The Labute approximate surface area is 143 Å². The minimum absolute atomic E-state index is 0.661. The molecule has 0 saturated carbocycles. The first kappa shape index (κ1) is 17.3. The lowest BCUT2D eigenvalue weighted by Gasteiger charge is -2.10. The van der Waals surface area contributed by atoms with Crippen LogP contribution in [-0.4, -0.2) is 18.2 Å². The summed E-state index contributed by atoms with van der Waals surface area (Å²) in [5.41, 5.74) is 1.92. The summed E-state index contributed by atoms with van der Waals surface area (Å²) in [5.74, 6) is 1.74. The highest BCUT2D eigenvalue weighted by atomic mass is 32.1. The van der Waals surface area contributed by atoms with Gasteiger partial charge < -0.3 is 14.8 Å². The Morgan fingerprint density at radius 3 is 2.13 bits per heavy atom. The van der Waals surface area contributed by atoms with E-state index in [9.17, 15) is 0 Å². The summed E-state index contributed by atoms with van der Waals surface area (Å²) in [7, 11) is 0. The summed E-state index contributed by atoms with van der Waals surface area (Å²) in [6.45, 7) is 5.54. The smallest absolute Gasteiger partial charge is 0.119 e. The summed E-state index contributed by atoms with van der Waals surface area (Å²) >= 11 is 5.45. The maximum atomic E-state index is 5.65. The van der Waals surface area contributed by atoms with Crippen LogP contribution in [0.4, 0.5) is 5.69 Å². The van der Waals surface area contributed by atoms with E-state index in [1.807, 2.05) is 55.5 Å². The van der Waals surface area contributed by atoms with E-state index in [1.165, 1.54) is 0 Å². The highest BCUT2D eigenvalue weighted by Gasteiger charge is 2.03. The fourth-order valence-corrected chi connectivity index (χ4v) is 2.30. The first-order valence-corrected chi connectivity index (χ1v) is 8.40. The molecule has 0 fully saturated rings. The van der Waals surface area contributed by atoms with E-state index in [0.717, 1.165) is 42.2 Å². The molecule has 122 valence electrons. The molecule has 0 heterocycles. The second-order valence-corrected chi connectivity index (χ2v) is 5.55. The van der Waals surface area contributed by atoms with Gasteiger partial charge in [-0.05, 0) is 61.9 Å². The second-order valence-electron chi connectivity index (χ2n) is 5.14. The third kappa shape index (κ3) is 5.57. The van der Waals surface area contributed by atoms with Gasteiger partial charge in [-0.1, -0.05) is 25.6 Å². The van der Waals surface area contributed by atoms with E-state index in [0.29, 0.717) is 11.6 Å². The lowest BCUT2D eigenvalue weighted by molar-refractivity contribution is 0.309. The summed E-state index contributed by atoms with van der Waals surface area (Å²) in [6.07, 6.45) is 2.21. The van der Waals surface area contributed by atoms with Crippen LogP contribution in [0.2, 0.25) is 0 Å². The Morgan fingerprint density at radius 1 is 0.913 bits per heavy atom. The summed E-state index contributed by atoms with van der Waals surface area (Å²) in [6, 6.07) is 15.6. The number of anilines is 1. The Morgan fingerprint density at radius 2 is 1.52 bits per heavy atom. The van der Waals surface area contributed by atoms with Gasteiger partial charge in [-0.25, -0.2) is 0 Å². The van der Waals surface area contributed by atoms with Gasteiger partial charge in [0, 0.05) is 11.3 Å². The van der Waals surface area contributed by atoms with Crippen LogP contribution < -0.4 is 14.8 Å². The number of nitrogens with one attached hydrogen (secondary N) is 1. The monoisotopic (exact) mass is 329 g/mol. The van der Waals surface area contributed by atoms with Crippen molar-refractivity contribution in [3.05, 3.63) is 54.1 Å². The standard InChI is InChI=1S/C19H23NO2S/c1-3-5-14-22-18-12-8-16(9-13-18)20-19(23)15-6-10-17(11-7-15)21-4-2/h6-13H,3-5,14H2,1-2H3,(H,20,23). The number of unbranched alkanes of at least 4 members (excludes halogenated alkanes) is 1. The number of thiocarbonyl (C=S) groups is 1. The SMILES string of the molecule is CCCCOc1ccc(NC(=S)c2ccc(OCC)cc2)cc1.